The van der Waals surface area contributed by atoms with Crippen molar-refractivity contribution in [2.45, 2.75) is 0 Å². The standard InChI is InChI=1S/C56H28N2O/c59-56-44-28-24-40-36-20-18-34-38-22-26-42-48-32(30-11-5-2-6-12-30)16-15-31(29-9-3-1-4-10-29)47(48)41-25-21-37(51(38)53(41)42)33-17-19-35(50(36)49(33)34)39-23-27-43(54(44)52(39)40)55-57-45-13-7-8-14-46(45)58(55)56/h1-28H. The molecule has 0 bridgehead atoms. The van der Waals surface area contributed by atoms with Crippen LogP contribution in [0.25, 0.3) is 147 Å². The molecule has 0 radical (unpaired) electrons. The maximum Gasteiger partial charge on any atom is 0.264 e. The lowest BCUT2D eigenvalue weighted by Gasteiger charge is -2.20. The van der Waals surface area contributed by atoms with Crippen molar-refractivity contribution in [2.75, 3.05) is 0 Å². The second-order valence-corrected chi connectivity index (χ2v) is 16.4. The van der Waals surface area contributed by atoms with Gasteiger partial charge in [-0.3, -0.25) is 9.20 Å². The highest BCUT2D eigenvalue weighted by molar-refractivity contribution is 6.45. The van der Waals surface area contributed by atoms with Gasteiger partial charge in [0.2, 0.25) is 0 Å². The Bertz CT molecular complexity index is 4070. The predicted octanol–water partition coefficient (Wildman–Crippen LogP) is 14.4. The van der Waals surface area contributed by atoms with Crippen LogP contribution in [0.1, 0.15) is 0 Å². The number of para-hydroxylation sites is 2. The molecule has 0 saturated carbocycles. The van der Waals surface area contributed by atoms with E-state index in [4.69, 9.17) is 4.98 Å². The van der Waals surface area contributed by atoms with Crippen LogP contribution >= 0.6 is 0 Å². The van der Waals surface area contributed by atoms with Crippen molar-refractivity contribution >= 4 is 103 Å². The van der Waals surface area contributed by atoms with Crippen LogP contribution in [-0.2, 0) is 0 Å². The lowest BCUT2D eigenvalue weighted by Crippen LogP contribution is -2.13. The van der Waals surface area contributed by atoms with Crippen LogP contribution in [-0.4, -0.2) is 9.38 Å². The molecule has 0 unspecified atom stereocenters. The molecule has 59 heavy (non-hydrogen) atoms. The van der Waals surface area contributed by atoms with Crippen molar-refractivity contribution in [2.24, 2.45) is 0 Å². The first-order valence-electron chi connectivity index (χ1n) is 20.3. The summed E-state index contributed by atoms with van der Waals surface area (Å²) in [4.78, 5) is 19.3. The smallest absolute Gasteiger partial charge is 0.264 e. The highest BCUT2D eigenvalue weighted by Gasteiger charge is 2.30. The molecule has 2 aromatic heterocycles. The van der Waals surface area contributed by atoms with Crippen molar-refractivity contribution in [1.29, 1.82) is 0 Å². The topological polar surface area (TPSA) is 34.4 Å². The molecular formula is C56H28N2O. The molecule has 2 heterocycles. The minimum Gasteiger partial charge on any atom is -0.268 e. The van der Waals surface area contributed by atoms with Gasteiger partial charge in [0.1, 0.15) is 5.65 Å². The van der Waals surface area contributed by atoms with Gasteiger partial charge in [-0.1, -0.05) is 146 Å². The quantitative estimate of drug-likeness (QED) is 0.130. The third-order valence-electron chi connectivity index (χ3n) is 13.8. The summed E-state index contributed by atoms with van der Waals surface area (Å²) in [5.41, 5.74) is 12.6. The number of hydrogen-bond donors (Lipinski definition) is 0. The van der Waals surface area contributed by atoms with Crippen LogP contribution in [0.15, 0.2) is 175 Å². The summed E-state index contributed by atoms with van der Waals surface area (Å²) < 4.78 is 1.80. The van der Waals surface area contributed by atoms with Gasteiger partial charge in [-0.2, -0.15) is 0 Å². The number of nitrogens with zero attached hydrogens (tertiary/aromatic N) is 2. The highest BCUT2D eigenvalue weighted by atomic mass is 16.1. The van der Waals surface area contributed by atoms with Crippen LogP contribution in [0.5, 0.6) is 0 Å². The zero-order chi connectivity index (χ0) is 38.2. The van der Waals surface area contributed by atoms with Gasteiger partial charge >= 0.3 is 0 Å². The molecule has 3 nitrogen and oxygen atoms in total. The molecule has 0 saturated heterocycles. The molecule has 0 spiro atoms. The molecule has 12 aromatic carbocycles. The van der Waals surface area contributed by atoms with Gasteiger partial charge < -0.3 is 0 Å². The maximum absolute atomic E-state index is 14.3. The number of pyridine rings is 1. The Hall–Kier alpha value is -7.88. The Morgan fingerprint density at radius 1 is 0.322 bits per heavy atom. The first-order valence-corrected chi connectivity index (χ1v) is 20.3. The van der Waals surface area contributed by atoms with Crippen LogP contribution in [0, 0.1) is 0 Å². The molecule has 1 aliphatic carbocycles. The van der Waals surface area contributed by atoms with E-state index in [1.807, 2.05) is 30.3 Å². The van der Waals surface area contributed by atoms with Crippen LogP contribution in [0.3, 0.4) is 0 Å². The van der Waals surface area contributed by atoms with E-state index in [-0.39, 0.29) is 5.56 Å². The number of rotatable bonds is 2. The summed E-state index contributed by atoms with van der Waals surface area (Å²) in [5, 5.41) is 19.0. The third-order valence-corrected chi connectivity index (χ3v) is 13.8. The summed E-state index contributed by atoms with van der Waals surface area (Å²) >= 11 is 0. The summed E-state index contributed by atoms with van der Waals surface area (Å²) in [5.74, 6) is 0. The van der Waals surface area contributed by atoms with Crippen molar-refractivity contribution in [3.63, 3.8) is 0 Å². The molecule has 0 atom stereocenters. The van der Waals surface area contributed by atoms with E-state index >= 15 is 0 Å². The molecule has 14 aromatic rings. The average Bonchev–Trinajstić information content (AvgIpc) is 3.86. The van der Waals surface area contributed by atoms with Crippen molar-refractivity contribution in [3.8, 4) is 44.5 Å². The Morgan fingerprint density at radius 3 is 1.20 bits per heavy atom. The summed E-state index contributed by atoms with van der Waals surface area (Å²) in [6, 6.07) is 61.9. The number of benzene rings is 12. The normalized spacial score (nSPS) is 12.8. The predicted molar refractivity (Wildman–Crippen MR) is 248 cm³/mol. The molecule has 15 rings (SSSR count). The highest BCUT2D eigenvalue weighted by Crippen LogP contribution is 2.58. The first-order chi connectivity index (χ1) is 29.2. The summed E-state index contributed by atoms with van der Waals surface area (Å²) in [6.45, 7) is 0. The SMILES string of the molecule is O=c1c2ccc3c4ccc5c6ccc7c8c(ccc(c9ccc(c%10ccc(c2c3%10)c2nc3ccccc3n12)c4c59)c86)-c1c(-c2ccccc2)ccc(-c2ccccc2)c1-7. The molecule has 0 N–H and O–H groups in total. The van der Waals surface area contributed by atoms with Gasteiger partial charge in [-0.15, -0.1) is 0 Å². The molecular weight excluding hydrogens is 717 g/mol. The largest absolute Gasteiger partial charge is 0.268 e. The molecule has 0 aliphatic heterocycles. The molecule has 3 heteroatoms. The summed E-state index contributed by atoms with van der Waals surface area (Å²) in [6.07, 6.45) is 0. The molecule has 0 amide bonds. The zero-order valence-electron chi connectivity index (χ0n) is 31.5. The zero-order valence-corrected chi connectivity index (χ0v) is 31.5. The van der Waals surface area contributed by atoms with Gasteiger partial charge in [0, 0.05) is 16.2 Å². The van der Waals surface area contributed by atoms with Crippen molar-refractivity contribution in [3.05, 3.63) is 180 Å². The Morgan fingerprint density at radius 2 is 0.695 bits per heavy atom. The van der Waals surface area contributed by atoms with Gasteiger partial charge in [0.15, 0.2) is 0 Å². The summed E-state index contributed by atoms with van der Waals surface area (Å²) in [7, 11) is 0. The molecule has 268 valence electrons. The van der Waals surface area contributed by atoms with E-state index in [0.717, 1.165) is 38.2 Å². The van der Waals surface area contributed by atoms with E-state index < -0.39 is 0 Å². The second kappa shape index (κ2) is 10.3. The fourth-order valence-corrected chi connectivity index (χ4v) is 11.5. The van der Waals surface area contributed by atoms with E-state index in [0.29, 0.717) is 0 Å². The maximum atomic E-state index is 14.3. The number of aromatic nitrogens is 2. The third kappa shape index (κ3) is 3.50. The minimum atomic E-state index is -0.0179. The Labute approximate surface area is 335 Å². The van der Waals surface area contributed by atoms with E-state index in [1.165, 1.54) is 109 Å². The Kier molecular flexibility index (Phi) is 5.31. The molecule has 0 fully saturated rings. The van der Waals surface area contributed by atoms with Crippen molar-refractivity contribution < 1.29 is 0 Å². The van der Waals surface area contributed by atoms with Crippen LogP contribution in [0.2, 0.25) is 0 Å². The number of fused-ring (bicyclic) bond motifs is 11. The van der Waals surface area contributed by atoms with Gasteiger partial charge in [-0.25, -0.2) is 4.98 Å². The average molecular weight is 745 g/mol. The lowest BCUT2D eigenvalue weighted by molar-refractivity contribution is 1.19. The van der Waals surface area contributed by atoms with Crippen molar-refractivity contribution in [1.82, 2.24) is 9.38 Å². The van der Waals surface area contributed by atoms with E-state index in [1.54, 1.807) is 4.40 Å². The van der Waals surface area contributed by atoms with E-state index in [2.05, 4.69) is 140 Å². The fraction of sp³-hybridized carbons (Fsp3) is 0. The minimum absolute atomic E-state index is 0.0179. The fourth-order valence-electron chi connectivity index (χ4n) is 11.5. The van der Waals surface area contributed by atoms with E-state index in [9.17, 15) is 4.79 Å². The van der Waals surface area contributed by atoms with Crippen LogP contribution < -0.4 is 5.56 Å². The Balaban J connectivity index is 1.07. The number of imidazole rings is 1. The van der Waals surface area contributed by atoms with Gasteiger partial charge in [0.25, 0.3) is 5.56 Å². The monoisotopic (exact) mass is 744 g/mol. The number of hydrogen-bond acceptors (Lipinski definition) is 2. The van der Waals surface area contributed by atoms with Gasteiger partial charge in [0.05, 0.1) is 11.0 Å². The molecule has 1 aliphatic rings. The van der Waals surface area contributed by atoms with Crippen LogP contribution in [0.4, 0.5) is 0 Å². The lowest BCUT2D eigenvalue weighted by atomic mass is 9.82. The second-order valence-electron chi connectivity index (χ2n) is 16.4. The van der Waals surface area contributed by atoms with Gasteiger partial charge in [-0.05, 0) is 139 Å². The first kappa shape index (κ1) is 30.3.